The zero-order valence-electron chi connectivity index (χ0n) is 28.0. The predicted octanol–water partition coefficient (Wildman–Crippen LogP) is 9.86. The molecule has 4 aromatic rings. The summed E-state index contributed by atoms with van der Waals surface area (Å²) in [4.78, 5) is 26.9. The molecule has 7 N–H and O–H groups in total. The van der Waals surface area contributed by atoms with E-state index in [9.17, 15) is 72.5 Å². The predicted molar refractivity (Wildman–Crippen MR) is 185 cm³/mol. The molecule has 0 atom stereocenters. The van der Waals surface area contributed by atoms with Gasteiger partial charge >= 0.3 is 24.7 Å². The highest BCUT2D eigenvalue weighted by Gasteiger charge is 2.72. The molecule has 0 saturated heterocycles. The lowest BCUT2D eigenvalue weighted by molar-refractivity contribution is -0.376. The number of nitrogens with one attached hydrogen (secondary N) is 1. The van der Waals surface area contributed by atoms with Crippen LogP contribution in [0.4, 0.5) is 81.1 Å². The van der Waals surface area contributed by atoms with Crippen molar-refractivity contribution in [1.82, 2.24) is 0 Å². The van der Waals surface area contributed by atoms with Gasteiger partial charge in [0.2, 0.25) is 0 Å². The van der Waals surface area contributed by atoms with Crippen LogP contribution >= 0.6 is 31.9 Å². The van der Waals surface area contributed by atoms with Crippen molar-refractivity contribution in [3.63, 3.8) is 0 Å². The number of aliphatic hydroxyl groups is 2. The molecule has 0 fully saturated rings. The quantitative estimate of drug-likeness (QED) is 0.0880. The fourth-order valence-corrected chi connectivity index (χ4v) is 7.10. The number of anilines is 5. The maximum absolute atomic E-state index is 13.8. The lowest BCUT2D eigenvalue weighted by atomic mass is 9.88. The van der Waals surface area contributed by atoms with Gasteiger partial charge in [-0.05, 0) is 99.3 Å². The summed E-state index contributed by atoms with van der Waals surface area (Å²) in [6, 6.07) is 10.1. The number of aryl methyl sites for hydroxylation is 2. The van der Waals surface area contributed by atoms with Gasteiger partial charge in [0.15, 0.2) is 0 Å². The molecule has 302 valence electrons. The number of rotatable bonds is 8. The number of primary amides is 1. The van der Waals surface area contributed by atoms with Gasteiger partial charge in [-0.25, -0.2) is 0 Å². The van der Waals surface area contributed by atoms with Gasteiger partial charge in [0.05, 0.1) is 28.3 Å². The number of nitrogens with two attached hydrogens (primary N) is 2. The van der Waals surface area contributed by atoms with Crippen molar-refractivity contribution < 1.29 is 72.5 Å². The van der Waals surface area contributed by atoms with E-state index in [1.54, 1.807) is 0 Å². The van der Waals surface area contributed by atoms with Gasteiger partial charge in [-0.1, -0.05) is 24.3 Å². The molecule has 22 heteroatoms. The topological polar surface area (TPSA) is 142 Å². The summed E-state index contributed by atoms with van der Waals surface area (Å²) >= 11 is 5.60. The van der Waals surface area contributed by atoms with Crippen LogP contribution in [0, 0.1) is 13.8 Å². The number of alkyl halides is 12. The van der Waals surface area contributed by atoms with Crippen LogP contribution in [0.2, 0.25) is 0 Å². The van der Waals surface area contributed by atoms with E-state index in [1.807, 2.05) is 0 Å². The molecule has 2 amide bonds. The molecule has 0 aromatic heterocycles. The molecule has 8 nitrogen and oxygen atoms in total. The van der Waals surface area contributed by atoms with E-state index < -0.39 is 73.5 Å². The molecule has 4 rings (SSSR count). The number of hydrogen-bond acceptors (Lipinski definition) is 6. The van der Waals surface area contributed by atoms with E-state index in [0.29, 0.717) is 12.1 Å². The van der Waals surface area contributed by atoms with Crippen molar-refractivity contribution in [3.8, 4) is 0 Å². The first-order valence-corrected chi connectivity index (χ1v) is 16.7. The molecule has 4 aromatic carbocycles. The Balaban J connectivity index is 1.90. The molecule has 0 saturated carbocycles. The molecular weight excluding hydrogens is 916 g/mol. The lowest BCUT2D eigenvalue weighted by Gasteiger charge is -2.35. The second kappa shape index (κ2) is 14.8. The van der Waals surface area contributed by atoms with E-state index in [4.69, 9.17) is 11.5 Å². The SMILES string of the molecule is Cc1cc(C(O)(C(F)(F)F)C(F)(F)F)cc(C)c1N(c1cccc(C(=O)Nc2c(Br)cc(C(O)(C(F)(F)F)C(F)(F)F)cc2Br)c1)c1cccc(C(N)=O)c1N. The maximum Gasteiger partial charge on any atom is 0.430 e. The Morgan fingerprint density at radius 2 is 1.11 bits per heavy atom. The number of amides is 2. The van der Waals surface area contributed by atoms with Crippen molar-refractivity contribution in [2.24, 2.45) is 5.73 Å². The zero-order valence-corrected chi connectivity index (χ0v) is 31.1. The second-order valence-electron chi connectivity index (χ2n) is 12.1. The summed E-state index contributed by atoms with van der Waals surface area (Å²) in [6.07, 6.45) is -24.9. The van der Waals surface area contributed by atoms with Crippen molar-refractivity contribution in [2.75, 3.05) is 16.0 Å². The average Bonchev–Trinajstić information content (AvgIpc) is 3.05. The van der Waals surface area contributed by atoms with Crippen molar-refractivity contribution >= 4 is 72.1 Å². The van der Waals surface area contributed by atoms with Gasteiger partial charge in [-0.15, -0.1) is 0 Å². The molecule has 0 radical (unpaired) electrons. The van der Waals surface area contributed by atoms with Gasteiger partial charge in [0, 0.05) is 31.3 Å². The van der Waals surface area contributed by atoms with Crippen LogP contribution in [0.5, 0.6) is 0 Å². The fourth-order valence-electron chi connectivity index (χ4n) is 5.72. The van der Waals surface area contributed by atoms with Crippen LogP contribution < -0.4 is 21.7 Å². The van der Waals surface area contributed by atoms with E-state index in [-0.39, 0.29) is 57.1 Å². The van der Waals surface area contributed by atoms with Crippen LogP contribution in [0.3, 0.4) is 0 Å². The minimum Gasteiger partial charge on any atom is -0.396 e. The van der Waals surface area contributed by atoms with Crippen molar-refractivity contribution in [3.05, 3.63) is 109 Å². The maximum atomic E-state index is 13.8. The molecule has 0 aliphatic heterocycles. The first-order valence-electron chi connectivity index (χ1n) is 15.1. The number of nitrogens with zero attached hydrogens (tertiary/aromatic N) is 1. The summed E-state index contributed by atoms with van der Waals surface area (Å²) in [5.74, 6) is -2.10. The van der Waals surface area contributed by atoms with Gasteiger partial charge in [0.25, 0.3) is 23.0 Å². The molecule has 0 bridgehead atoms. The van der Waals surface area contributed by atoms with Crippen molar-refractivity contribution in [1.29, 1.82) is 0 Å². The Labute approximate surface area is 324 Å². The summed E-state index contributed by atoms with van der Waals surface area (Å²) in [5.41, 5.74) is -4.42. The molecule has 0 aliphatic rings. The largest absolute Gasteiger partial charge is 0.430 e. The van der Waals surface area contributed by atoms with Gasteiger partial charge in [0.1, 0.15) is 0 Å². The van der Waals surface area contributed by atoms with E-state index in [2.05, 4.69) is 37.2 Å². The third-order valence-corrected chi connectivity index (χ3v) is 9.68. The highest BCUT2D eigenvalue weighted by molar-refractivity contribution is 9.11. The highest BCUT2D eigenvalue weighted by atomic mass is 79.9. The molecule has 0 aliphatic carbocycles. The lowest BCUT2D eigenvalue weighted by Crippen LogP contribution is -2.54. The summed E-state index contributed by atoms with van der Waals surface area (Å²) in [6.45, 7) is 2.21. The standard InChI is InChI=1S/C34H24Br2F12N4O4/c1-14-9-17(29(55,31(37,38)39)32(40,41)42)10-15(2)26(14)52(23-8-4-7-20(24(23)49)27(50)53)19-6-3-5-16(11-19)28(54)51-25-21(35)12-18(13-22(25)36)30(56,33(43,44)45)34(46,47)48/h3-13,55-56H,49H2,1-2H3,(H2,50,53)(H,51,54). The Kier molecular flexibility index (Phi) is 11.6. The number of nitrogen functional groups attached to an aromatic ring is 1. The first-order chi connectivity index (χ1) is 25.4. The van der Waals surface area contributed by atoms with E-state index in [0.717, 1.165) is 24.8 Å². The number of carbonyl (C=O) groups is 2. The normalized spacial score (nSPS) is 13.1. The minimum atomic E-state index is -6.23. The Morgan fingerprint density at radius 3 is 1.54 bits per heavy atom. The summed E-state index contributed by atoms with van der Waals surface area (Å²) < 4.78 is 163. The monoisotopic (exact) mass is 938 g/mol. The van der Waals surface area contributed by atoms with Crippen LogP contribution in [-0.4, -0.2) is 46.7 Å². The number of para-hydroxylation sites is 1. The molecular formula is C34H24Br2F12N4O4. The third-order valence-electron chi connectivity index (χ3n) is 8.43. The van der Waals surface area contributed by atoms with Crippen molar-refractivity contribution in [2.45, 2.75) is 49.8 Å². The van der Waals surface area contributed by atoms with Crippen LogP contribution in [0.1, 0.15) is 43.0 Å². The number of halogens is 14. The zero-order chi connectivity index (χ0) is 42.7. The molecule has 0 unspecified atom stereocenters. The first kappa shape index (κ1) is 44.2. The average molecular weight is 940 g/mol. The van der Waals surface area contributed by atoms with Gasteiger partial charge in [-0.2, -0.15) is 52.7 Å². The Bertz CT molecular complexity index is 2130. The van der Waals surface area contributed by atoms with E-state index in [1.165, 1.54) is 36.4 Å². The second-order valence-corrected chi connectivity index (χ2v) is 13.8. The van der Waals surface area contributed by atoms with Crippen LogP contribution in [0.25, 0.3) is 0 Å². The Morgan fingerprint density at radius 1 is 0.679 bits per heavy atom. The minimum absolute atomic E-state index is 0.0827. The van der Waals surface area contributed by atoms with E-state index >= 15 is 0 Å². The molecule has 0 heterocycles. The number of carbonyl (C=O) groups excluding carboxylic acids is 2. The molecule has 0 spiro atoms. The number of hydrogen-bond donors (Lipinski definition) is 5. The summed E-state index contributed by atoms with van der Waals surface area (Å²) in [7, 11) is 0. The highest BCUT2D eigenvalue weighted by Crippen LogP contribution is 2.53. The van der Waals surface area contributed by atoms with Crippen LogP contribution in [0.15, 0.2) is 75.7 Å². The molecule has 56 heavy (non-hydrogen) atoms. The fraction of sp³-hybridized carbons (Fsp3) is 0.235. The van der Waals surface area contributed by atoms with Crippen LogP contribution in [-0.2, 0) is 11.2 Å². The third kappa shape index (κ3) is 7.62. The Hall–Kier alpha value is -4.54. The van der Waals surface area contributed by atoms with Gasteiger partial charge in [-0.3, -0.25) is 9.59 Å². The summed E-state index contributed by atoms with van der Waals surface area (Å²) in [5, 5.41) is 22.2. The van der Waals surface area contributed by atoms with Gasteiger partial charge < -0.3 is 31.9 Å². The number of benzene rings is 4. The smallest absolute Gasteiger partial charge is 0.396 e.